The van der Waals surface area contributed by atoms with Crippen molar-refractivity contribution in [3.8, 4) is 0 Å². The molecule has 0 radical (unpaired) electrons. The highest BCUT2D eigenvalue weighted by Gasteiger charge is 2.13. The summed E-state index contributed by atoms with van der Waals surface area (Å²) in [6, 6.07) is 10.2. The van der Waals surface area contributed by atoms with Gasteiger partial charge in [0.2, 0.25) is 0 Å². The highest BCUT2D eigenvalue weighted by atomic mass is 16.3. The van der Waals surface area contributed by atoms with Crippen LogP contribution < -0.4 is 0 Å². The molecule has 1 heteroatoms. The standard InChI is InChI=1S/C17H26O/c1-4-5-7-10-14(2)13-17(18)15(3)16-11-8-6-9-12-16/h6,8-9,11-13,15,17-18H,4-5,7,10H2,1-3H3/b14-13+. The van der Waals surface area contributed by atoms with E-state index in [-0.39, 0.29) is 12.0 Å². The molecule has 0 aliphatic rings. The molecule has 0 bridgehead atoms. The molecule has 0 saturated heterocycles. The van der Waals surface area contributed by atoms with Crippen molar-refractivity contribution in [1.29, 1.82) is 0 Å². The van der Waals surface area contributed by atoms with Crippen LogP contribution in [0.3, 0.4) is 0 Å². The molecule has 18 heavy (non-hydrogen) atoms. The number of aliphatic hydroxyl groups is 1. The molecule has 0 saturated carbocycles. The molecule has 0 aromatic heterocycles. The average molecular weight is 246 g/mol. The van der Waals surface area contributed by atoms with Gasteiger partial charge in [0, 0.05) is 5.92 Å². The van der Waals surface area contributed by atoms with Crippen LogP contribution in [-0.2, 0) is 0 Å². The van der Waals surface area contributed by atoms with Gasteiger partial charge in [-0.15, -0.1) is 0 Å². The molecule has 0 aliphatic heterocycles. The maximum Gasteiger partial charge on any atom is 0.0789 e. The molecule has 0 amide bonds. The monoisotopic (exact) mass is 246 g/mol. The Morgan fingerprint density at radius 2 is 1.89 bits per heavy atom. The van der Waals surface area contributed by atoms with Gasteiger partial charge in [0.05, 0.1) is 6.10 Å². The Kier molecular flexibility index (Phi) is 6.74. The maximum atomic E-state index is 10.2. The van der Waals surface area contributed by atoms with Gasteiger partial charge in [-0.25, -0.2) is 0 Å². The lowest BCUT2D eigenvalue weighted by molar-refractivity contribution is 0.196. The van der Waals surface area contributed by atoms with Gasteiger partial charge >= 0.3 is 0 Å². The van der Waals surface area contributed by atoms with Crippen LogP contribution in [0.2, 0.25) is 0 Å². The Morgan fingerprint density at radius 3 is 2.50 bits per heavy atom. The van der Waals surface area contributed by atoms with Crippen molar-refractivity contribution in [1.82, 2.24) is 0 Å². The van der Waals surface area contributed by atoms with Gasteiger partial charge in [-0.05, 0) is 25.3 Å². The first-order valence-electron chi connectivity index (χ1n) is 7.05. The molecule has 0 fully saturated rings. The fraction of sp³-hybridized carbons (Fsp3) is 0.529. The number of benzene rings is 1. The minimum Gasteiger partial charge on any atom is -0.388 e. The summed E-state index contributed by atoms with van der Waals surface area (Å²) in [5.41, 5.74) is 2.50. The number of allylic oxidation sites excluding steroid dienone is 1. The van der Waals surface area contributed by atoms with Crippen LogP contribution in [0, 0.1) is 0 Å². The second-order valence-electron chi connectivity index (χ2n) is 5.16. The molecule has 1 aromatic rings. The highest BCUT2D eigenvalue weighted by molar-refractivity contribution is 5.22. The van der Waals surface area contributed by atoms with E-state index in [4.69, 9.17) is 0 Å². The first-order valence-corrected chi connectivity index (χ1v) is 7.05. The van der Waals surface area contributed by atoms with E-state index in [1.54, 1.807) is 0 Å². The third kappa shape index (κ3) is 5.05. The summed E-state index contributed by atoms with van der Waals surface area (Å²) in [7, 11) is 0. The van der Waals surface area contributed by atoms with Crippen molar-refractivity contribution in [2.24, 2.45) is 0 Å². The zero-order valence-electron chi connectivity index (χ0n) is 11.9. The highest BCUT2D eigenvalue weighted by Crippen LogP contribution is 2.21. The van der Waals surface area contributed by atoms with E-state index in [0.717, 1.165) is 6.42 Å². The molecule has 0 spiro atoms. The van der Waals surface area contributed by atoms with E-state index in [1.807, 2.05) is 24.3 Å². The Labute approximate surface area is 112 Å². The van der Waals surface area contributed by atoms with Crippen LogP contribution in [0.25, 0.3) is 0 Å². The van der Waals surface area contributed by atoms with Crippen molar-refractivity contribution in [3.63, 3.8) is 0 Å². The molecular weight excluding hydrogens is 220 g/mol. The Balaban J connectivity index is 2.53. The van der Waals surface area contributed by atoms with Crippen molar-refractivity contribution in [2.75, 3.05) is 0 Å². The minimum absolute atomic E-state index is 0.160. The second kappa shape index (κ2) is 8.10. The van der Waals surface area contributed by atoms with E-state index >= 15 is 0 Å². The molecule has 2 unspecified atom stereocenters. The summed E-state index contributed by atoms with van der Waals surface area (Å²) >= 11 is 0. The van der Waals surface area contributed by atoms with Gasteiger partial charge in [0.25, 0.3) is 0 Å². The first kappa shape index (κ1) is 15.0. The fourth-order valence-corrected chi connectivity index (χ4v) is 2.13. The van der Waals surface area contributed by atoms with E-state index in [0.29, 0.717) is 0 Å². The number of aliphatic hydroxyl groups excluding tert-OH is 1. The van der Waals surface area contributed by atoms with E-state index in [9.17, 15) is 5.11 Å². The third-order valence-electron chi connectivity index (χ3n) is 3.47. The van der Waals surface area contributed by atoms with Crippen LogP contribution >= 0.6 is 0 Å². The second-order valence-corrected chi connectivity index (χ2v) is 5.16. The molecule has 2 atom stereocenters. The topological polar surface area (TPSA) is 20.2 Å². The van der Waals surface area contributed by atoms with Crippen molar-refractivity contribution in [2.45, 2.75) is 58.5 Å². The molecule has 1 rings (SSSR count). The van der Waals surface area contributed by atoms with Crippen molar-refractivity contribution in [3.05, 3.63) is 47.5 Å². The molecule has 0 heterocycles. The Hall–Kier alpha value is -1.08. The largest absolute Gasteiger partial charge is 0.388 e. The summed E-state index contributed by atoms with van der Waals surface area (Å²) in [5.74, 6) is 0.160. The Bertz CT molecular complexity index is 353. The van der Waals surface area contributed by atoms with Gasteiger partial charge in [0.1, 0.15) is 0 Å². The lowest BCUT2D eigenvalue weighted by atomic mass is 9.93. The summed E-state index contributed by atoms with van der Waals surface area (Å²) in [6.07, 6.45) is 6.49. The van der Waals surface area contributed by atoms with Crippen LogP contribution in [0.15, 0.2) is 42.0 Å². The summed E-state index contributed by atoms with van der Waals surface area (Å²) < 4.78 is 0. The molecule has 1 N–H and O–H groups in total. The summed E-state index contributed by atoms with van der Waals surface area (Å²) in [5, 5.41) is 10.2. The molecular formula is C17H26O. The fourth-order valence-electron chi connectivity index (χ4n) is 2.13. The zero-order chi connectivity index (χ0) is 13.4. The van der Waals surface area contributed by atoms with Gasteiger partial charge in [-0.1, -0.05) is 68.7 Å². The summed E-state index contributed by atoms with van der Waals surface area (Å²) in [6.45, 7) is 6.41. The predicted octanol–water partition coefficient (Wildman–Crippen LogP) is 4.68. The Morgan fingerprint density at radius 1 is 1.22 bits per heavy atom. The number of hydrogen-bond donors (Lipinski definition) is 1. The van der Waals surface area contributed by atoms with Gasteiger partial charge in [-0.3, -0.25) is 0 Å². The zero-order valence-corrected chi connectivity index (χ0v) is 11.9. The van der Waals surface area contributed by atoms with Crippen LogP contribution in [0.1, 0.15) is 57.9 Å². The molecule has 1 nitrogen and oxygen atoms in total. The lowest BCUT2D eigenvalue weighted by Crippen LogP contribution is -2.13. The average Bonchev–Trinajstić information content (AvgIpc) is 2.39. The lowest BCUT2D eigenvalue weighted by Gasteiger charge is -2.17. The van der Waals surface area contributed by atoms with E-state index in [1.165, 1.54) is 30.4 Å². The smallest absolute Gasteiger partial charge is 0.0789 e. The van der Waals surface area contributed by atoms with Crippen molar-refractivity contribution >= 4 is 0 Å². The van der Waals surface area contributed by atoms with Crippen LogP contribution in [0.4, 0.5) is 0 Å². The molecule has 1 aromatic carbocycles. The number of unbranched alkanes of at least 4 members (excludes halogenated alkanes) is 2. The van der Waals surface area contributed by atoms with Crippen LogP contribution in [-0.4, -0.2) is 11.2 Å². The summed E-state index contributed by atoms with van der Waals surface area (Å²) in [4.78, 5) is 0. The normalized spacial score (nSPS) is 15.4. The van der Waals surface area contributed by atoms with Crippen LogP contribution in [0.5, 0.6) is 0 Å². The van der Waals surface area contributed by atoms with Gasteiger partial charge in [0.15, 0.2) is 0 Å². The first-order chi connectivity index (χ1) is 8.65. The van der Waals surface area contributed by atoms with Crippen molar-refractivity contribution < 1.29 is 5.11 Å². The molecule has 100 valence electrons. The quantitative estimate of drug-likeness (QED) is 0.547. The van der Waals surface area contributed by atoms with E-state index < -0.39 is 0 Å². The number of hydrogen-bond acceptors (Lipinski definition) is 1. The maximum absolute atomic E-state index is 10.2. The third-order valence-corrected chi connectivity index (χ3v) is 3.47. The molecule has 0 aliphatic carbocycles. The predicted molar refractivity (Wildman–Crippen MR) is 78.8 cm³/mol. The minimum atomic E-state index is -0.381. The van der Waals surface area contributed by atoms with Gasteiger partial charge < -0.3 is 5.11 Å². The number of rotatable bonds is 7. The van der Waals surface area contributed by atoms with E-state index in [2.05, 4.69) is 32.9 Å². The SMILES string of the molecule is CCCCC/C(C)=C/C(O)C(C)c1ccccc1. The van der Waals surface area contributed by atoms with Gasteiger partial charge in [-0.2, -0.15) is 0 Å².